The van der Waals surface area contributed by atoms with Crippen LogP contribution in [0.15, 0.2) is 18.5 Å². The van der Waals surface area contributed by atoms with Crippen molar-refractivity contribution in [2.75, 3.05) is 20.1 Å². The summed E-state index contributed by atoms with van der Waals surface area (Å²) >= 11 is 0. The number of aliphatic hydroxyl groups is 1. The van der Waals surface area contributed by atoms with E-state index in [1.54, 1.807) is 12.4 Å². The third-order valence-corrected chi connectivity index (χ3v) is 5.16. The van der Waals surface area contributed by atoms with Gasteiger partial charge in [0.2, 0.25) is 0 Å². The van der Waals surface area contributed by atoms with Gasteiger partial charge in [-0.3, -0.25) is 9.69 Å². The first-order valence-corrected chi connectivity index (χ1v) is 8.56. The van der Waals surface area contributed by atoms with Crippen molar-refractivity contribution < 1.29 is 9.90 Å². The lowest BCUT2D eigenvalue weighted by Crippen LogP contribution is -2.50. The van der Waals surface area contributed by atoms with E-state index < -0.39 is 5.60 Å². The second-order valence-corrected chi connectivity index (χ2v) is 6.87. The molecular weight excluding hydrogens is 292 g/mol. The van der Waals surface area contributed by atoms with Crippen molar-refractivity contribution >= 4 is 5.91 Å². The smallest absolute Gasteiger partial charge is 0.254 e. The molecule has 1 amide bonds. The Balaban J connectivity index is 1.56. The zero-order valence-corrected chi connectivity index (χ0v) is 13.8. The van der Waals surface area contributed by atoms with Crippen molar-refractivity contribution in [1.29, 1.82) is 0 Å². The first-order chi connectivity index (χ1) is 11.1. The van der Waals surface area contributed by atoms with Gasteiger partial charge in [-0.15, -0.1) is 0 Å². The third kappa shape index (κ3) is 3.70. The topological polar surface area (TPSA) is 69.6 Å². The summed E-state index contributed by atoms with van der Waals surface area (Å²) in [6.45, 7) is 2.09. The number of nitrogens with zero attached hydrogens (tertiary/aromatic N) is 4. The van der Waals surface area contributed by atoms with Crippen LogP contribution >= 0.6 is 0 Å². The van der Waals surface area contributed by atoms with E-state index in [9.17, 15) is 9.90 Å². The van der Waals surface area contributed by atoms with Crippen LogP contribution in [0, 0.1) is 0 Å². The normalized spacial score (nSPS) is 24.1. The van der Waals surface area contributed by atoms with Crippen LogP contribution in [-0.2, 0) is 11.3 Å². The van der Waals surface area contributed by atoms with Gasteiger partial charge in [-0.1, -0.05) is 19.3 Å². The molecule has 0 aromatic carbocycles. The fourth-order valence-corrected chi connectivity index (χ4v) is 3.69. The minimum atomic E-state index is -1.12. The number of hydrogen-bond donors (Lipinski definition) is 1. The van der Waals surface area contributed by atoms with Gasteiger partial charge in [0.05, 0.1) is 6.54 Å². The highest BCUT2D eigenvalue weighted by Crippen LogP contribution is 2.31. The van der Waals surface area contributed by atoms with Crippen LogP contribution in [-0.4, -0.2) is 62.6 Å². The maximum Gasteiger partial charge on any atom is 0.254 e. The van der Waals surface area contributed by atoms with Crippen LogP contribution in [0.1, 0.15) is 44.3 Å². The molecule has 2 aliphatic rings. The highest BCUT2D eigenvalue weighted by atomic mass is 16.3. The van der Waals surface area contributed by atoms with Crippen LogP contribution in [0.25, 0.3) is 0 Å². The number of amides is 1. The number of aromatic nitrogens is 2. The van der Waals surface area contributed by atoms with Gasteiger partial charge in [-0.25, -0.2) is 9.97 Å². The van der Waals surface area contributed by atoms with Gasteiger partial charge in [-0.05, 0) is 32.4 Å². The number of carbonyl (C=O) groups excluding carboxylic acids is 1. The lowest BCUT2D eigenvalue weighted by Gasteiger charge is -2.34. The Hall–Kier alpha value is -1.53. The predicted octanol–water partition coefficient (Wildman–Crippen LogP) is 1.20. The molecule has 23 heavy (non-hydrogen) atoms. The molecule has 0 spiro atoms. The zero-order valence-electron chi connectivity index (χ0n) is 13.8. The molecule has 2 fully saturated rings. The van der Waals surface area contributed by atoms with Crippen LogP contribution in [0.4, 0.5) is 0 Å². The summed E-state index contributed by atoms with van der Waals surface area (Å²) in [6, 6.07) is 2.11. The minimum absolute atomic E-state index is 0.0657. The van der Waals surface area contributed by atoms with E-state index in [-0.39, 0.29) is 5.91 Å². The Morgan fingerprint density at radius 1 is 1.35 bits per heavy atom. The summed E-state index contributed by atoms with van der Waals surface area (Å²) in [5.41, 5.74) is -1.12. The predicted molar refractivity (Wildman–Crippen MR) is 86.5 cm³/mol. The fourth-order valence-electron chi connectivity index (χ4n) is 3.69. The van der Waals surface area contributed by atoms with Gasteiger partial charge < -0.3 is 10.0 Å². The quantitative estimate of drug-likeness (QED) is 0.903. The highest BCUT2D eigenvalue weighted by molar-refractivity contribution is 5.85. The molecule has 1 N–H and O–H groups in total. The lowest BCUT2D eigenvalue weighted by molar-refractivity contribution is -0.153. The third-order valence-electron chi connectivity index (χ3n) is 5.16. The standard InChI is InChI=1S/C17H26N4O2/c1-20(13-15-18-9-5-10-19-15)14-6-11-21(12-14)16(22)17(23)7-3-2-4-8-17/h5,9-10,14,23H,2-4,6-8,11-13H2,1H3/t14-/m0/s1. The van der Waals surface area contributed by atoms with E-state index in [2.05, 4.69) is 14.9 Å². The van der Waals surface area contributed by atoms with Crippen molar-refractivity contribution in [3.63, 3.8) is 0 Å². The number of rotatable bonds is 4. The summed E-state index contributed by atoms with van der Waals surface area (Å²) in [5.74, 6) is 0.731. The molecule has 6 heteroatoms. The molecule has 1 atom stereocenters. The SMILES string of the molecule is CN(Cc1ncccn1)[C@H]1CCN(C(=O)C2(O)CCCCC2)C1. The van der Waals surface area contributed by atoms with Gasteiger partial charge >= 0.3 is 0 Å². The summed E-state index contributed by atoms with van der Waals surface area (Å²) in [7, 11) is 2.05. The fraction of sp³-hybridized carbons (Fsp3) is 0.706. The molecule has 1 aliphatic carbocycles. The van der Waals surface area contributed by atoms with E-state index >= 15 is 0 Å². The Morgan fingerprint density at radius 3 is 2.74 bits per heavy atom. The van der Waals surface area contributed by atoms with Crippen LogP contribution in [0.2, 0.25) is 0 Å². The average Bonchev–Trinajstić information content (AvgIpc) is 3.06. The van der Waals surface area contributed by atoms with Gasteiger partial charge in [0, 0.05) is 31.5 Å². The molecule has 1 saturated heterocycles. The summed E-state index contributed by atoms with van der Waals surface area (Å²) < 4.78 is 0. The number of likely N-dealkylation sites (N-methyl/N-ethyl adjacent to an activating group) is 1. The number of likely N-dealkylation sites (tertiary alicyclic amines) is 1. The average molecular weight is 318 g/mol. The van der Waals surface area contributed by atoms with E-state index in [0.717, 1.165) is 38.1 Å². The molecule has 2 heterocycles. The maximum atomic E-state index is 12.7. The minimum Gasteiger partial charge on any atom is -0.380 e. The first kappa shape index (κ1) is 16.3. The molecule has 6 nitrogen and oxygen atoms in total. The molecule has 126 valence electrons. The van der Waals surface area contributed by atoms with Crippen LogP contribution < -0.4 is 0 Å². The van der Waals surface area contributed by atoms with E-state index in [1.807, 2.05) is 18.0 Å². The molecule has 3 rings (SSSR count). The maximum absolute atomic E-state index is 12.7. The summed E-state index contributed by atoms with van der Waals surface area (Å²) in [4.78, 5) is 25.2. The van der Waals surface area contributed by atoms with Crippen molar-refractivity contribution in [2.45, 2.75) is 56.7 Å². The van der Waals surface area contributed by atoms with Gasteiger partial charge in [-0.2, -0.15) is 0 Å². The molecule has 1 saturated carbocycles. The summed E-state index contributed by atoms with van der Waals surface area (Å²) in [5, 5.41) is 10.6. The number of hydrogen-bond acceptors (Lipinski definition) is 5. The van der Waals surface area contributed by atoms with Gasteiger partial charge in [0.1, 0.15) is 11.4 Å². The van der Waals surface area contributed by atoms with Crippen molar-refractivity contribution in [1.82, 2.24) is 19.8 Å². The molecule has 0 unspecified atom stereocenters. The van der Waals surface area contributed by atoms with Crippen molar-refractivity contribution in [3.8, 4) is 0 Å². The molecule has 1 aromatic heterocycles. The first-order valence-electron chi connectivity index (χ1n) is 8.56. The Kier molecular flexibility index (Phi) is 4.92. The van der Waals surface area contributed by atoms with Crippen LogP contribution in [0.5, 0.6) is 0 Å². The molecule has 1 aliphatic heterocycles. The Bertz CT molecular complexity index is 531. The molecular formula is C17H26N4O2. The van der Waals surface area contributed by atoms with E-state index in [0.29, 0.717) is 32.0 Å². The second-order valence-electron chi connectivity index (χ2n) is 6.87. The summed E-state index contributed by atoms with van der Waals surface area (Å²) in [6.07, 6.45) is 8.68. The molecule has 0 radical (unpaired) electrons. The lowest BCUT2D eigenvalue weighted by atomic mass is 9.84. The Labute approximate surface area is 137 Å². The second kappa shape index (κ2) is 6.93. The van der Waals surface area contributed by atoms with Gasteiger partial charge in [0.15, 0.2) is 0 Å². The Morgan fingerprint density at radius 2 is 2.04 bits per heavy atom. The molecule has 1 aromatic rings. The highest BCUT2D eigenvalue weighted by Gasteiger charge is 2.42. The van der Waals surface area contributed by atoms with Gasteiger partial charge in [0.25, 0.3) is 5.91 Å². The van der Waals surface area contributed by atoms with E-state index in [4.69, 9.17) is 0 Å². The monoisotopic (exact) mass is 318 g/mol. The van der Waals surface area contributed by atoms with Crippen molar-refractivity contribution in [2.24, 2.45) is 0 Å². The molecule has 0 bridgehead atoms. The number of carbonyl (C=O) groups is 1. The zero-order chi connectivity index (χ0) is 16.3. The van der Waals surface area contributed by atoms with Crippen molar-refractivity contribution in [3.05, 3.63) is 24.3 Å². The van der Waals surface area contributed by atoms with E-state index in [1.165, 1.54) is 0 Å². The largest absolute Gasteiger partial charge is 0.380 e. The van der Waals surface area contributed by atoms with Crippen LogP contribution in [0.3, 0.4) is 0 Å².